The lowest BCUT2D eigenvalue weighted by Crippen LogP contribution is -2.66. The molecule has 3 rings (SSSR count). The lowest BCUT2D eigenvalue weighted by Gasteiger charge is -2.48. The molecular weight excluding hydrogens is 1170 g/mol. The van der Waals surface area contributed by atoms with Gasteiger partial charge in [0.25, 0.3) is 0 Å². The lowest BCUT2D eigenvalue weighted by molar-refractivity contribution is -0.379. The van der Waals surface area contributed by atoms with E-state index in [9.17, 15) is 61.0 Å². The molecule has 17 atom stereocenters. The van der Waals surface area contributed by atoms with E-state index in [2.05, 4.69) is 55.6 Å². The zero-order valence-corrected chi connectivity index (χ0v) is 56.6. The molecule has 19 nitrogen and oxygen atoms in total. The number of allylic oxidation sites excluding steroid dienone is 6. The highest BCUT2D eigenvalue weighted by Gasteiger charge is 2.53. The van der Waals surface area contributed by atoms with Crippen molar-refractivity contribution in [1.29, 1.82) is 0 Å². The highest BCUT2D eigenvalue weighted by atomic mass is 16.8. The zero-order valence-electron chi connectivity index (χ0n) is 56.6. The fourth-order valence-corrected chi connectivity index (χ4v) is 12.5. The molecule has 17 unspecified atom stereocenters. The van der Waals surface area contributed by atoms with E-state index in [1.807, 2.05) is 0 Å². The standard InChI is InChI=1S/C72H133NO18/c1-3-5-7-9-11-13-15-17-19-21-23-25-26-27-28-30-32-34-36-38-40-42-44-46-48-50-60(78)73-55(56(77)49-47-45-43-41-39-37-35-33-31-29-24-22-20-18-16-14-12-10-8-6-4-2)54-86-70-66(84)63(81)68(58(52-75)88-70)91-72-67(85)64(82)69(59(53-76)89-72)90-71-65(83)62(80)61(79)57(51-74)87-71/h15,17,21,23,26-27,55-59,61-72,74-77,79-85H,3-14,16,18-20,22,24-25,28-54H2,1-2H3,(H,73,78)/b17-15-,23-21-,27-26-. The molecule has 3 saturated heterocycles. The molecule has 1 amide bonds. The molecule has 3 fully saturated rings. The van der Waals surface area contributed by atoms with Gasteiger partial charge in [-0.25, -0.2) is 0 Å². The number of unbranched alkanes of at least 4 members (excludes halogenated alkanes) is 35. The first kappa shape index (κ1) is 83.2. The maximum Gasteiger partial charge on any atom is 0.220 e. The summed E-state index contributed by atoms with van der Waals surface area (Å²) < 4.78 is 34.5. The zero-order chi connectivity index (χ0) is 66.1. The third-order valence-corrected chi connectivity index (χ3v) is 18.5. The Labute approximate surface area is 549 Å². The normalized spacial score (nSPS) is 28.0. The van der Waals surface area contributed by atoms with Crippen molar-refractivity contribution in [2.24, 2.45) is 0 Å². The van der Waals surface area contributed by atoms with E-state index in [0.29, 0.717) is 12.8 Å². The number of nitrogens with one attached hydrogen (secondary N) is 1. The van der Waals surface area contributed by atoms with Crippen molar-refractivity contribution in [3.63, 3.8) is 0 Å². The van der Waals surface area contributed by atoms with E-state index in [1.54, 1.807) is 0 Å². The maximum absolute atomic E-state index is 13.5. The summed E-state index contributed by atoms with van der Waals surface area (Å²) in [6.45, 7) is 1.82. The van der Waals surface area contributed by atoms with Crippen molar-refractivity contribution in [2.75, 3.05) is 26.4 Å². The van der Waals surface area contributed by atoms with E-state index >= 15 is 0 Å². The van der Waals surface area contributed by atoms with Crippen molar-refractivity contribution < 1.29 is 89.4 Å². The Morgan fingerprint density at radius 2 is 0.725 bits per heavy atom. The highest BCUT2D eigenvalue weighted by Crippen LogP contribution is 2.33. The fourth-order valence-electron chi connectivity index (χ4n) is 12.5. The molecule has 91 heavy (non-hydrogen) atoms. The Morgan fingerprint density at radius 3 is 1.13 bits per heavy atom. The number of hydrogen-bond acceptors (Lipinski definition) is 18. The summed E-state index contributed by atoms with van der Waals surface area (Å²) in [5.74, 6) is -0.244. The van der Waals surface area contributed by atoms with Gasteiger partial charge in [0.15, 0.2) is 18.9 Å². The molecule has 0 bridgehead atoms. The van der Waals surface area contributed by atoms with Gasteiger partial charge in [0, 0.05) is 6.42 Å². The minimum Gasteiger partial charge on any atom is -0.394 e. The smallest absolute Gasteiger partial charge is 0.220 e. The average molecular weight is 1300 g/mol. The molecule has 12 N–H and O–H groups in total. The number of carbonyl (C=O) groups is 1. The first-order valence-electron chi connectivity index (χ1n) is 36.7. The first-order valence-corrected chi connectivity index (χ1v) is 36.7. The van der Waals surface area contributed by atoms with Crippen LogP contribution in [-0.2, 0) is 33.2 Å². The minimum absolute atomic E-state index is 0.244. The molecule has 0 spiro atoms. The van der Waals surface area contributed by atoms with Crippen molar-refractivity contribution in [1.82, 2.24) is 5.32 Å². The number of hydrogen-bond donors (Lipinski definition) is 12. The summed E-state index contributed by atoms with van der Waals surface area (Å²) in [7, 11) is 0. The molecule has 0 aromatic rings. The number of aliphatic hydroxyl groups is 11. The van der Waals surface area contributed by atoms with Gasteiger partial charge in [0.2, 0.25) is 5.91 Å². The Bertz CT molecular complexity index is 1790. The monoisotopic (exact) mass is 1300 g/mol. The van der Waals surface area contributed by atoms with Crippen LogP contribution in [0.1, 0.15) is 284 Å². The third-order valence-electron chi connectivity index (χ3n) is 18.5. The Balaban J connectivity index is 1.42. The SMILES string of the molecule is CCCCCCC/C=C\C/C=C\C/C=C\CCCCCCCCCCCCC(=O)NC(COC1OC(CO)C(OC2OC(CO)C(OC3OC(CO)C(O)C(O)C3O)C(O)C2O)C(O)C1O)C(O)CCCCCCCCCCCCCCCCCCCCCCC. The van der Waals surface area contributed by atoms with Gasteiger partial charge < -0.3 is 89.9 Å². The molecule has 0 saturated carbocycles. The summed E-state index contributed by atoms with van der Waals surface area (Å²) in [6, 6.07) is -0.891. The van der Waals surface area contributed by atoms with Gasteiger partial charge in [-0.3, -0.25) is 4.79 Å². The van der Waals surface area contributed by atoms with Crippen molar-refractivity contribution in [3.05, 3.63) is 36.5 Å². The Hall–Kier alpha value is -1.99. The predicted octanol–water partition coefficient (Wildman–Crippen LogP) is 10.4. The fraction of sp³-hybridized carbons (Fsp3) is 0.903. The second-order valence-corrected chi connectivity index (χ2v) is 26.4. The van der Waals surface area contributed by atoms with E-state index in [0.717, 1.165) is 64.2 Å². The molecule has 3 heterocycles. The van der Waals surface area contributed by atoms with Crippen LogP contribution in [0.15, 0.2) is 36.5 Å². The van der Waals surface area contributed by atoms with Gasteiger partial charge in [-0.1, -0.05) is 262 Å². The van der Waals surface area contributed by atoms with Crippen LogP contribution in [0.4, 0.5) is 0 Å². The van der Waals surface area contributed by atoms with Crippen molar-refractivity contribution in [2.45, 2.75) is 388 Å². The van der Waals surface area contributed by atoms with Crippen LogP contribution in [0, 0.1) is 0 Å². The van der Waals surface area contributed by atoms with Gasteiger partial charge in [-0.2, -0.15) is 0 Å². The van der Waals surface area contributed by atoms with Crippen LogP contribution in [0.2, 0.25) is 0 Å². The number of carbonyl (C=O) groups excluding carboxylic acids is 1. The van der Waals surface area contributed by atoms with Gasteiger partial charge in [0.1, 0.15) is 73.2 Å². The topological polar surface area (TPSA) is 307 Å². The van der Waals surface area contributed by atoms with Gasteiger partial charge in [-0.15, -0.1) is 0 Å². The van der Waals surface area contributed by atoms with Crippen molar-refractivity contribution >= 4 is 5.91 Å². The molecule has 0 aromatic heterocycles. The molecule has 0 aliphatic carbocycles. The lowest BCUT2D eigenvalue weighted by atomic mass is 9.96. The van der Waals surface area contributed by atoms with E-state index in [1.165, 1.54) is 186 Å². The Kier molecular flexibility index (Phi) is 49.5. The summed E-state index contributed by atoms with van der Waals surface area (Å²) in [6.07, 6.45) is 36.4. The number of aliphatic hydroxyl groups excluding tert-OH is 11. The minimum atomic E-state index is -1.97. The van der Waals surface area contributed by atoms with E-state index in [-0.39, 0.29) is 18.9 Å². The van der Waals surface area contributed by atoms with Crippen LogP contribution >= 0.6 is 0 Å². The number of amides is 1. The predicted molar refractivity (Wildman–Crippen MR) is 356 cm³/mol. The van der Waals surface area contributed by atoms with Crippen LogP contribution in [0.25, 0.3) is 0 Å². The van der Waals surface area contributed by atoms with Crippen molar-refractivity contribution in [3.8, 4) is 0 Å². The molecule has 19 heteroatoms. The van der Waals surface area contributed by atoms with Crippen LogP contribution in [0.3, 0.4) is 0 Å². The maximum atomic E-state index is 13.5. The van der Waals surface area contributed by atoms with Crippen LogP contribution in [-0.4, -0.2) is 193 Å². The summed E-state index contributed by atoms with van der Waals surface area (Å²) in [5, 5.41) is 121. The first-order chi connectivity index (χ1) is 44.3. The number of ether oxygens (including phenoxy) is 6. The molecular formula is C72H133NO18. The average Bonchev–Trinajstić information content (AvgIpc) is 0.883. The molecule has 3 aliphatic heterocycles. The van der Waals surface area contributed by atoms with Crippen LogP contribution in [0.5, 0.6) is 0 Å². The summed E-state index contributed by atoms with van der Waals surface area (Å²) in [5.41, 5.74) is 0. The molecule has 3 aliphatic rings. The van der Waals surface area contributed by atoms with E-state index in [4.69, 9.17) is 28.4 Å². The van der Waals surface area contributed by atoms with Gasteiger partial charge in [0.05, 0.1) is 38.6 Å². The highest BCUT2D eigenvalue weighted by molar-refractivity contribution is 5.76. The number of rotatable bonds is 57. The van der Waals surface area contributed by atoms with Gasteiger partial charge in [-0.05, 0) is 51.4 Å². The summed E-state index contributed by atoms with van der Waals surface area (Å²) >= 11 is 0. The molecule has 534 valence electrons. The summed E-state index contributed by atoms with van der Waals surface area (Å²) in [4.78, 5) is 13.5. The second-order valence-electron chi connectivity index (χ2n) is 26.4. The molecule has 0 radical (unpaired) electrons. The second kappa shape index (κ2) is 54.1. The van der Waals surface area contributed by atoms with Gasteiger partial charge >= 0.3 is 0 Å². The molecule has 0 aromatic carbocycles. The largest absolute Gasteiger partial charge is 0.394 e. The van der Waals surface area contributed by atoms with Crippen LogP contribution < -0.4 is 5.32 Å². The van der Waals surface area contributed by atoms with E-state index < -0.39 is 124 Å². The Morgan fingerprint density at radius 1 is 0.396 bits per heavy atom. The quantitative estimate of drug-likeness (QED) is 0.0199. The third kappa shape index (κ3) is 35.7.